The van der Waals surface area contributed by atoms with Crippen LogP contribution in [-0.2, 0) is 0 Å². The molecular weight excluding hydrogens is 324 g/mol. The highest BCUT2D eigenvalue weighted by Gasteiger charge is 2.21. The first-order valence-corrected chi connectivity index (χ1v) is 8.34. The van der Waals surface area contributed by atoms with Gasteiger partial charge in [0.25, 0.3) is 0 Å². The molecule has 0 aliphatic heterocycles. The van der Waals surface area contributed by atoms with Crippen molar-refractivity contribution in [1.29, 1.82) is 0 Å². The first-order valence-electron chi connectivity index (χ1n) is 7.52. The van der Waals surface area contributed by atoms with Gasteiger partial charge in [0, 0.05) is 10.1 Å². The Kier molecular flexibility index (Phi) is 3.28. The first kappa shape index (κ1) is 14.7. The quantitative estimate of drug-likeness (QED) is 0.571. The smallest absolute Gasteiger partial charge is 0.365 e. The van der Waals surface area contributed by atoms with E-state index < -0.39 is 11.2 Å². The third kappa shape index (κ3) is 2.00. The molecule has 1 N–H and O–H groups in total. The lowest BCUT2D eigenvalue weighted by molar-refractivity contribution is 0.156. The van der Waals surface area contributed by atoms with Gasteiger partial charge in [0.05, 0.1) is 11.6 Å². The number of rotatable bonds is 2. The maximum absolute atomic E-state index is 12.6. The number of hydrogen-bond donors (Lipinski definition) is 1. The highest BCUT2D eigenvalue weighted by Crippen LogP contribution is 2.32. The Balaban J connectivity index is 2.18. The molecule has 2 heterocycles. The van der Waals surface area contributed by atoms with Crippen molar-refractivity contribution in [3.63, 3.8) is 0 Å². The standard InChI is InChI=1S/C18H14N2O3S/c1-11(12-7-3-2-4-8-12)19-15-13-9-5-6-10-14(13)24-16(15)17(21)20(23)18(19)22/h2-11,23H,1H3. The zero-order valence-electron chi connectivity index (χ0n) is 12.8. The van der Waals surface area contributed by atoms with Crippen LogP contribution in [0.2, 0.25) is 0 Å². The Morgan fingerprint density at radius 2 is 1.67 bits per heavy atom. The van der Waals surface area contributed by atoms with E-state index in [0.717, 1.165) is 15.6 Å². The summed E-state index contributed by atoms with van der Waals surface area (Å²) in [6.45, 7) is 1.88. The van der Waals surface area contributed by atoms with Gasteiger partial charge in [-0.2, -0.15) is 0 Å². The van der Waals surface area contributed by atoms with Crippen molar-refractivity contribution in [2.75, 3.05) is 0 Å². The number of benzene rings is 2. The molecule has 24 heavy (non-hydrogen) atoms. The molecule has 0 amide bonds. The summed E-state index contributed by atoms with van der Waals surface area (Å²) in [6.07, 6.45) is 0. The maximum atomic E-state index is 12.6. The fraction of sp³-hybridized carbons (Fsp3) is 0.111. The van der Waals surface area contributed by atoms with Crippen molar-refractivity contribution in [2.24, 2.45) is 0 Å². The normalized spacial score (nSPS) is 12.7. The van der Waals surface area contributed by atoms with E-state index in [0.29, 0.717) is 10.2 Å². The summed E-state index contributed by atoms with van der Waals surface area (Å²) in [5.41, 5.74) is 0.0993. The Bertz CT molecular complexity index is 1170. The Hall–Kier alpha value is -2.86. The van der Waals surface area contributed by atoms with Gasteiger partial charge in [-0.05, 0) is 18.6 Å². The average molecular weight is 338 g/mol. The minimum absolute atomic E-state index is 0.206. The van der Waals surface area contributed by atoms with Gasteiger partial charge in [-0.3, -0.25) is 9.36 Å². The molecule has 0 bridgehead atoms. The molecule has 5 nitrogen and oxygen atoms in total. The van der Waals surface area contributed by atoms with Crippen molar-refractivity contribution < 1.29 is 5.21 Å². The topological polar surface area (TPSA) is 64.2 Å². The summed E-state index contributed by atoms with van der Waals surface area (Å²) in [5, 5.41) is 10.8. The second kappa shape index (κ2) is 5.35. The van der Waals surface area contributed by atoms with E-state index >= 15 is 0 Å². The molecule has 4 rings (SSSR count). The monoisotopic (exact) mass is 338 g/mol. The van der Waals surface area contributed by atoms with Gasteiger partial charge in [0.1, 0.15) is 4.70 Å². The molecular formula is C18H14N2O3S. The molecule has 0 radical (unpaired) electrons. The van der Waals surface area contributed by atoms with Crippen LogP contribution in [0.1, 0.15) is 18.5 Å². The molecule has 6 heteroatoms. The summed E-state index contributed by atoms with van der Waals surface area (Å²) in [6, 6.07) is 16.8. The van der Waals surface area contributed by atoms with E-state index in [1.165, 1.54) is 15.9 Å². The van der Waals surface area contributed by atoms with Crippen molar-refractivity contribution in [3.05, 3.63) is 81.0 Å². The van der Waals surface area contributed by atoms with Crippen LogP contribution in [0.5, 0.6) is 0 Å². The molecule has 120 valence electrons. The molecule has 0 aliphatic carbocycles. The summed E-state index contributed by atoms with van der Waals surface area (Å²) in [4.78, 5) is 25.0. The van der Waals surface area contributed by atoms with E-state index in [9.17, 15) is 14.8 Å². The molecule has 1 unspecified atom stereocenters. The first-order chi connectivity index (χ1) is 11.6. The number of hydrogen-bond acceptors (Lipinski definition) is 4. The van der Waals surface area contributed by atoms with Gasteiger partial charge in [-0.15, -0.1) is 11.3 Å². The van der Waals surface area contributed by atoms with Gasteiger partial charge in [0.15, 0.2) is 0 Å². The van der Waals surface area contributed by atoms with Crippen LogP contribution in [0.25, 0.3) is 20.3 Å². The van der Waals surface area contributed by atoms with Crippen molar-refractivity contribution in [1.82, 2.24) is 9.30 Å². The molecule has 2 aromatic heterocycles. The van der Waals surface area contributed by atoms with Crippen molar-refractivity contribution >= 4 is 31.6 Å². The second-order valence-corrected chi connectivity index (χ2v) is 6.68. The number of aromatic nitrogens is 2. The lowest BCUT2D eigenvalue weighted by atomic mass is 10.1. The molecule has 2 aromatic carbocycles. The van der Waals surface area contributed by atoms with E-state index in [1.807, 2.05) is 61.5 Å². The molecule has 1 atom stereocenters. The lowest BCUT2D eigenvalue weighted by Crippen LogP contribution is -2.39. The Morgan fingerprint density at radius 3 is 2.42 bits per heavy atom. The van der Waals surface area contributed by atoms with Gasteiger partial charge < -0.3 is 5.21 Å². The predicted molar refractivity (Wildman–Crippen MR) is 95.3 cm³/mol. The Morgan fingerprint density at radius 1 is 1.00 bits per heavy atom. The Labute approximate surface area is 140 Å². The lowest BCUT2D eigenvalue weighted by Gasteiger charge is -2.17. The van der Waals surface area contributed by atoms with Crippen LogP contribution in [0.15, 0.2) is 64.2 Å². The van der Waals surface area contributed by atoms with Crippen LogP contribution in [0.3, 0.4) is 0 Å². The highest BCUT2D eigenvalue weighted by atomic mass is 32.1. The van der Waals surface area contributed by atoms with Gasteiger partial charge in [-0.1, -0.05) is 53.3 Å². The molecule has 0 saturated heterocycles. The molecule has 0 fully saturated rings. The van der Waals surface area contributed by atoms with Crippen molar-refractivity contribution in [3.8, 4) is 0 Å². The third-order valence-electron chi connectivity index (χ3n) is 4.25. The zero-order valence-corrected chi connectivity index (χ0v) is 13.7. The SMILES string of the molecule is CC(c1ccccc1)n1c(=O)n(O)c(=O)c2sc3ccccc3c21. The van der Waals surface area contributed by atoms with Crippen LogP contribution < -0.4 is 11.2 Å². The van der Waals surface area contributed by atoms with Crippen LogP contribution in [-0.4, -0.2) is 14.5 Å². The summed E-state index contributed by atoms with van der Waals surface area (Å²) in [7, 11) is 0. The average Bonchev–Trinajstić information content (AvgIpc) is 3.00. The largest absolute Gasteiger partial charge is 0.421 e. The number of thiophene rings is 1. The number of fused-ring (bicyclic) bond motifs is 3. The second-order valence-electron chi connectivity index (χ2n) is 5.63. The molecule has 0 spiro atoms. The fourth-order valence-corrected chi connectivity index (χ4v) is 4.16. The van der Waals surface area contributed by atoms with Crippen LogP contribution >= 0.6 is 11.3 Å². The van der Waals surface area contributed by atoms with E-state index in [1.54, 1.807) is 0 Å². The van der Waals surface area contributed by atoms with E-state index in [4.69, 9.17) is 0 Å². The molecule has 0 saturated carbocycles. The molecule has 4 aromatic rings. The van der Waals surface area contributed by atoms with Crippen LogP contribution in [0, 0.1) is 0 Å². The maximum Gasteiger partial charge on any atom is 0.365 e. The zero-order chi connectivity index (χ0) is 16.8. The van der Waals surface area contributed by atoms with E-state index in [2.05, 4.69) is 0 Å². The minimum atomic E-state index is -0.729. The predicted octanol–water partition coefficient (Wildman–Crippen LogP) is 3.22. The number of nitrogens with zero attached hydrogens (tertiary/aromatic N) is 2. The summed E-state index contributed by atoms with van der Waals surface area (Å²) >= 11 is 1.28. The van der Waals surface area contributed by atoms with Crippen molar-refractivity contribution in [2.45, 2.75) is 13.0 Å². The summed E-state index contributed by atoms with van der Waals surface area (Å²) in [5.74, 6) is 0. The third-order valence-corrected chi connectivity index (χ3v) is 5.40. The van der Waals surface area contributed by atoms with E-state index in [-0.39, 0.29) is 10.8 Å². The highest BCUT2D eigenvalue weighted by molar-refractivity contribution is 7.25. The van der Waals surface area contributed by atoms with Crippen LogP contribution in [0.4, 0.5) is 0 Å². The summed E-state index contributed by atoms with van der Waals surface area (Å²) < 4.78 is 2.98. The minimum Gasteiger partial charge on any atom is -0.421 e. The fourth-order valence-electron chi connectivity index (χ4n) is 3.04. The molecule has 0 aliphatic rings. The van der Waals surface area contributed by atoms with Gasteiger partial charge >= 0.3 is 11.2 Å². The van der Waals surface area contributed by atoms with Gasteiger partial charge in [-0.25, -0.2) is 4.79 Å². The van der Waals surface area contributed by atoms with Gasteiger partial charge in [0.2, 0.25) is 0 Å².